The van der Waals surface area contributed by atoms with Crippen molar-refractivity contribution in [3.8, 4) is 17.2 Å². The number of halogens is 1. The van der Waals surface area contributed by atoms with E-state index in [0.717, 1.165) is 41.5 Å². The van der Waals surface area contributed by atoms with Gasteiger partial charge in [0.1, 0.15) is 31.4 Å². The van der Waals surface area contributed by atoms with E-state index < -0.39 is 0 Å². The standard InChI is InChI=1S/C24H20FNO3/c25-17-7-5-16(6-8-17)13-26-14-24(18-3-1-2-4-20(18)26)15-29-21-12-23-22(11-19(21)24)27-9-10-28-23/h1-8,11-12H,9-10,13-15H2. The molecule has 3 heterocycles. The number of nitrogens with zero attached hydrogens (tertiary/aromatic N) is 1. The van der Waals surface area contributed by atoms with Crippen LogP contribution < -0.4 is 19.1 Å². The molecule has 0 N–H and O–H groups in total. The van der Waals surface area contributed by atoms with E-state index in [2.05, 4.69) is 35.2 Å². The van der Waals surface area contributed by atoms with Crippen LogP contribution >= 0.6 is 0 Å². The van der Waals surface area contributed by atoms with Crippen molar-refractivity contribution < 1.29 is 18.6 Å². The summed E-state index contributed by atoms with van der Waals surface area (Å²) in [7, 11) is 0. The predicted molar refractivity (Wildman–Crippen MR) is 108 cm³/mol. The summed E-state index contributed by atoms with van der Waals surface area (Å²) in [5, 5.41) is 0. The van der Waals surface area contributed by atoms with E-state index in [1.807, 2.05) is 18.2 Å². The third kappa shape index (κ3) is 2.50. The Morgan fingerprint density at radius 3 is 2.41 bits per heavy atom. The summed E-state index contributed by atoms with van der Waals surface area (Å²) in [6.45, 7) is 3.23. The largest absolute Gasteiger partial charge is 0.492 e. The van der Waals surface area contributed by atoms with E-state index in [9.17, 15) is 4.39 Å². The number of anilines is 1. The summed E-state index contributed by atoms with van der Waals surface area (Å²) < 4.78 is 31.1. The first-order valence-corrected chi connectivity index (χ1v) is 9.89. The van der Waals surface area contributed by atoms with Crippen molar-refractivity contribution in [2.24, 2.45) is 0 Å². The molecule has 0 bridgehead atoms. The lowest BCUT2D eigenvalue weighted by Crippen LogP contribution is -2.36. The zero-order valence-electron chi connectivity index (χ0n) is 15.9. The molecule has 3 aromatic carbocycles. The fourth-order valence-electron chi connectivity index (χ4n) is 4.80. The molecule has 0 amide bonds. The van der Waals surface area contributed by atoms with Gasteiger partial charge in [-0.15, -0.1) is 0 Å². The van der Waals surface area contributed by atoms with Gasteiger partial charge < -0.3 is 19.1 Å². The predicted octanol–water partition coefficient (Wildman–Crippen LogP) is 4.30. The summed E-state index contributed by atoms with van der Waals surface area (Å²) in [4.78, 5) is 2.36. The molecule has 1 atom stereocenters. The van der Waals surface area contributed by atoms with Crippen LogP contribution in [0.25, 0.3) is 0 Å². The van der Waals surface area contributed by atoms with Crippen molar-refractivity contribution in [1.82, 2.24) is 0 Å². The first kappa shape index (κ1) is 16.7. The molecular formula is C24H20FNO3. The van der Waals surface area contributed by atoms with Crippen molar-refractivity contribution in [2.45, 2.75) is 12.0 Å². The number of para-hydroxylation sites is 1. The molecule has 0 radical (unpaired) electrons. The second kappa shape index (κ2) is 6.14. The van der Waals surface area contributed by atoms with Gasteiger partial charge in [0.15, 0.2) is 11.5 Å². The first-order valence-electron chi connectivity index (χ1n) is 9.89. The zero-order chi connectivity index (χ0) is 19.4. The van der Waals surface area contributed by atoms with Gasteiger partial charge in [-0.3, -0.25) is 0 Å². The number of hydrogen-bond acceptors (Lipinski definition) is 4. The molecule has 3 aliphatic heterocycles. The van der Waals surface area contributed by atoms with E-state index >= 15 is 0 Å². The summed E-state index contributed by atoms with van der Waals surface area (Å²) >= 11 is 0. The molecule has 0 saturated carbocycles. The molecule has 1 unspecified atom stereocenters. The van der Waals surface area contributed by atoms with Crippen molar-refractivity contribution in [3.05, 3.63) is 83.2 Å². The monoisotopic (exact) mass is 389 g/mol. The number of ether oxygens (including phenoxy) is 3. The van der Waals surface area contributed by atoms with E-state index in [-0.39, 0.29) is 11.2 Å². The molecule has 1 spiro atoms. The Labute approximate surface area is 168 Å². The van der Waals surface area contributed by atoms with Crippen molar-refractivity contribution in [1.29, 1.82) is 0 Å². The maximum atomic E-state index is 13.3. The van der Waals surface area contributed by atoms with Crippen molar-refractivity contribution in [2.75, 3.05) is 31.3 Å². The second-order valence-electron chi connectivity index (χ2n) is 7.86. The average molecular weight is 389 g/mol. The molecule has 146 valence electrons. The molecule has 0 fully saturated rings. The molecule has 3 aliphatic rings. The number of rotatable bonds is 2. The lowest BCUT2D eigenvalue weighted by Gasteiger charge is -2.26. The van der Waals surface area contributed by atoms with Crippen LogP contribution in [0.4, 0.5) is 10.1 Å². The molecule has 3 aromatic rings. The minimum Gasteiger partial charge on any atom is -0.492 e. The Hall–Kier alpha value is -3.21. The van der Waals surface area contributed by atoms with Crippen LogP contribution in [0.1, 0.15) is 16.7 Å². The second-order valence-corrected chi connectivity index (χ2v) is 7.86. The fraction of sp³-hybridized carbons (Fsp3) is 0.250. The number of hydrogen-bond donors (Lipinski definition) is 0. The fourth-order valence-corrected chi connectivity index (χ4v) is 4.80. The highest BCUT2D eigenvalue weighted by Crippen LogP contribution is 2.54. The van der Waals surface area contributed by atoms with Gasteiger partial charge in [0.05, 0.1) is 5.41 Å². The molecule has 29 heavy (non-hydrogen) atoms. The lowest BCUT2D eigenvalue weighted by atomic mass is 9.77. The summed E-state index contributed by atoms with van der Waals surface area (Å²) in [5.41, 5.74) is 4.44. The van der Waals surface area contributed by atoms with Crippen LogP contribution in [0.2, 0.25) is 0 Å². The highest BCUT2D eigenvalue weighted by molar-refractivity contribution is 5.70. The van der Waals surface area contributed by atoms with Crippen molar-refractivity contribution in [3.63, 3.8) is 0 Å². The Morgan fingerprint density at radius 1 is 0.828 bits per heavy atom. The Morgan fingerprint density at radius 2 is 1.59 bits per heavy atom. The molecule has 0 aliphatic carbocycles. The van der Waals surface area contributed by atoms with Crippen LogP contribution in [0.3, 0.4) is 0 Å². The van der Waals surface area contributed by atoms with Gasteiger partial charge in [0.25, 0.3) is 0 Å². The molecule has 0 saturated heterocycles. The topological polar surface area (TPSA) is 30.9 Å². The minimum absolute atomic E-state index is 0.211. The molecule has 4 nitrogen and oxygen atoms in total. The normalized spacial score (nSPS) is 21.1. The maximum absolute atomic E-state index is 13.3. The van der Waals surface area contributed by atoms with Gasteiger partial charge >= 0.3 is 0 Å². The molecular weight excluding hydrogens is 369 g/mol. The summed E-state index contributed by atoms with van der Waals surface area (Å²) in [6.07, 6.45) is 0. The molecule has 6 rings (SSSR count). The third-order valence-corrected chi connectivity index (χ3v) is 6.14. The zero-order valence-corrected chi connectivity index (χ0v) is 15.9. The smallest absolute Gasteiger partial charge is 0.165 e. The molecule has 5 heteroatoms. The maximum Gasteiger partial charge on any atom is 0.165 e. The van der Waals surface area contributed by atoms with Crippen LogP contribution in [0.5, 0.6) is 17.2 Å². The van der Waals surface area contributed by atoms with Crippen LogP contribution in [0, 0.1) is 5.82 Å². The number of fused-ring (bicyclic) bond motifs is 5. The summed E-state index contributed by atoms with van der Waals surface area (Å²) in [5.74, 6) is 2.20. The van der Waals surface area contributed by atoms with Crippen LogP contribution in [-0.2, 0) is 12.0 Å². The van der Waals surface area contributed by atoms with Gasteiger partial charge in [-0.25, -0.2) is 4.39 Å². The Bertz CT molecular complexity index is 1100. The SMILES string of the molecule is Fc1ccc(CN2CC3(COc4cc5c(cc43)OCCO5)c3ccccc32)cc1. The summed E-state index contributed by atoms with van der Waals surface area (Å²) in [6, 6.07) is 19.3. The minimum atomic E-state index is -0.248. The Kier molecular flexibility index (Phi) is 3.54. The van der Waals surface area contributed by atoms with E-state index in [4.69, 9.17) is 14.2 Å². The van der Waals surface area contributed by atoms with Crippen LogP contribution in [0.15, 0.2) is 60.7 Å². The van der Waals surface area contributed by atoms with Gasteiger partial charge in [-0.2, -0.15) is 0 Å². The van der Waals surface area contributed by atoms with Crippen LogP contribution in [-0.4, -0.2) is 26.4 Å². The number of benzene rings is 3. The first-order chi connectivity index (χ1) is 14.2. The van der Waals surface area contributed by atoms with Crippen molar-refractivity contribution >= 4 is 5.69 Å². The average Bonchev–Trinajstić information content (AvgIpc) is 3.27. The quantitative estimate of drug-likeness (QED) is 0.654. The Balaban J connectivity index is 1.43. The van der Waals surface area contributed by atoms with E-state index in [1.165, 1.54) is 23.4 Å². The van der Waals surface area contributed by atoms with E-state index in [0.29, 0.717) is 19.8 Å². The van der Waals surface area contributed by atoms with Gasteiger partial charge in [0.2, 0.25) is 0 Å². The van der Waals surface area contributed by atoms with Gasteiger partial charge in [-0.05, 0) is 35.4 Å². The lowest BCUT2D eigenvalue weighted by molar-refractivity contribution is 0.171. The highest BCUT2D eigenvalue weighted by atomic mass is 19.1. The van der Waals surface area contributed by atoms with Gasteiger partial charge in [-0.1, -0.05) is 30.3 Å². The highest BCUT2D eigenvalue weighted by Gasteiger charge is 2.50. The molecule has 0 aromatic heterocycles. The van der Waals surface area contributed by atoms with Gasteiger partial charge in [0, 0.05) is 30.4 Å². The van der Waals surface area contributed by atoms with E-state index in [1.54, 1.807) is 0 Å². The third-order valence-electron chi connectivity index (χ3n) is 6.14.